The van der Waals surface area contributed by atoms with Crippen LogP contribution >= 0.6 is 0 Å². The van der Waals surface area contributed by atoms with Crippen LogP contribution in [0.25, 0.3) is 11.2 Å². The molecule has 1 atom stereocenters. The lowest BCUT2D eigenvalue weighted by Gasteiger charge is -2.23. The first kappa shape index (κ1) is 20.3. The Morgan fingerprint density at radius 1 is 1.18 bits per heavy atom. The van der Waals surface area contributed by atoms with Gasteiger partial charge in [-0.2, -0.15) is 4.98 Å². The Labute approximate surface area is 163 Å². The molecule has 1 saturated heterocycles. The first-order valence-electron chi connectivity index (χ1n) is 9.73. The quantitative estimate of drug-likeness (QED) is 0.542. The minimum absolute atomic E-state index is 0.122. The van der Waals surface area contributed by atoms with E-state index in [-0.39, 0.29) is 13.2 Å². The van der Waals surface area contributed by atoms with Gasteiger partial charge in [0.15, 0.2) is 11.2 Å². The molecule has 2 aromatic rings. The molecule has 1 aliphatic heterocycles. The van der Waals surface area contributed by atoms with E-state index in [1.165, 1.54) is 11.6 Å². The molecule has 1 fully saturated rings. The Morgan fingerprint density at radius 3 is 2.50 bits per heavy atom. The van der Waals surface area contributed by atoms with E-state index in [1.54, 1.807) is 17.7 Å². The fourth-order valence-electron chi connectivity index (χ4n) is 3.67. The Hall–Kier alpha value is -2.39. The number of aryl methyl sites for hydroxylation is 1. The van der Waals surface area contributed by atoms with Crippen molar-refractivity contribution in [3.05, 3.63) is 33.5 Å². The van der Waals surface area contributed by atoms with Crippen LogP contribution in [-0.4, -0.2) is 56.2 Å². The van der Waals surface area contributed by atoms with E-state index in [1.807, 2.05) is 0 Å². The number of ether oxygens (including phenoxy) is 1. The molecule has 0 aromatic carbocycles. The van der Waals surface area contributed by atoms with E-state index in [0.29, 0.717) is 23.7 Å². The predicted molar refractivity (Wildman–Crippen MR) is 108 cm³/mol. The number of aliphatic hydroxyl groups excluding tert-OH is 1. The zero-order valence-corrected chi connectivity index (χ0v) is 16.6. The largest absolute Gasteiger partial charge is 0.389 e. The molecule has 1 N–H and O–H groups in total. The van der Waals surface area contributed by atoms with E-state index in [2.05, 4.69) is 16.5 Å². The highest BCUT2D eigenvalue weighted by molar-refractivity contribution is 5.74. The zero-order chi connectivity index (χ0) is 20.3. The molecule has 1 aliphatic rings. The smallest absolute Gasteiger partial charge is 0.332 e. The molecule has 0 amide bonds. The number of hydrogen-bond acceptors (Lipinski definition) is 6. The predicted octanol–water partition coefficient (Wildman–Crippen LogP) is 0.378. The van der Waals surface area contributed by atoms with Crippen molar-refractivity contribution in [1.29, 1.82) is 0 Å². The summed E-state index contributed by atoms with van der Waals surface area (Å²) in [5.74, 6) is 0.623. The van der Waals surface area contributed by atoms with Gasteiger partial charge in [0, 0.05) is 27.2 Å². The van der Waals surface area contributed by atoms with Crippen LogP contribution in [0.15, 0.2) is 22.2 Å². The van der Waals surface area contributed by atoms with E-state index in [0.717, 1.165) is 43.3 Å². The maximum absolute atomic E-state index is 12.9. The van der Waals surface area contributed by atoms with Gasteiger partial charge in [0.25, 0.3) is 5.56 Å². The molecule has 2 aromatic heterocycles. The normalized spacial score (nSPS) is 16.3. The highest BCUT2D eigenvalue weighted by atomic mass is 16.5. The monoisotopic (exact) mass is 391 g/mol. The molecule has 9 nitrogen and oxygen atoms in total. The minimum atomic E-state index is -0.815. The summed E-state index contributed by atoms with van der Waals surface area (Å²) in [6.07, 6.45) is 5.22. The van der Waals surface area contributed by atoms with Crippen LogP contribution in [0.5, 0.6) is 0 Å². The van der Waals surface area contributed by atoms with Crippen LogP contribution in [0.1, 0.15) is 25.7 Å². The molecule has 154 valence electrons. The Bertz CT molecular complexity index is 950. The fraction of sp³-hybridized carbons (Fsp3) is 0.632. The summed E-state index contributed by atoms with van der Waals surface area (Å²) in [5, 5.41) is 10.5. The lowest BCUT2D eigenvalue weighted by molar-refractivity contribution is 0.0404. The molecule has 0 saturated carbocycles. The number of aliphatic hydroxyl groups is 1. The van der Waals surface area contributed by atoms with Gasteiger partial charge in [-0.05, 0) is 12.8 Å². The number of fused-ring (bicyclic) bond motifs is 1. The van der Waals surface area contributed by atoms with Crippen molar-refractivity contribution in [2.24, 2.45) is 14.1 Å². The number of hydrogen-bond donors (Lipinski definition) is 1. The summed E-state index contributed by atoms with van der Waals surface area (Å²) in [7, 11) is 3.06. The Morgan fingerprint density at radius 2 is 1.86 bits per heavy atom. The molecule has 0 radical (unpaired) electrons. The van der Waals surface area contributed by atoms with Crippen LogP contribution in [0, 0.1) is 0 Å². The number of anilines is 1. The molecule has 3 rings (SSSR count). The van der Waals surface area contributed by atoms with Gasteiger partial charge in [-0.3, -0.25) is 13.9 Å². The van der Waals surface area contributed by atoms with Crippen LogP contribution in [0.3, 0.4) is 0 Å². The molecule has 0 bridgehead atoms. The van der Waals surface area contributed by atoms with Crippen molar-refractivity contribution in [3.63, 3.8) is 0 Å². The van der Waals surface area contributed by atoms with Crippen molar-refractivity contribution >= 4 is 17.1 Å². The van der Waals surface area contributed by atoms with Crippen molar-refractivity contribution in [1.82, 2.24) is 18.7 Å². The second-order valence-electron chi connectivity index (χ2n) is 7.28. The van der Waals surface area contributed by atoms with Crippen molar-refractivity contribution < 1.29 is 9.84 Å². The van der Waals surface area contributed by atoms with Crippen LogP contribution < -0.4 is 16.1 Å². The highest BCUT2D eigenvalue weighted by Crippen LogP contribution is 2.23. The van der Waals surface area contributed by atoms with Gasteiger partial charge in [0.2, 0.25) is 5.95 Å². The summed E-state index contributed by atoms with van der Waals surface area (Å²) >= 11 is 0. The summed E-state index contributed by atoms with van der Waals surface area (Å²) in [5.41, 5.74) is -0.163. The summed E-state index contributed by atoms with van der Waals surface area (Å²) in [6, 6.07) is 0. The first-order valence-corrected chi connectivity index (χ1v) is 9.73. The van der Waals surface area contributed by atoms with Gasteiger partial charge in [0.05, 0.1) is 25.9 Å². The molecular formula is C19H29N5O4. The molecule has 28 heavy (non-hydrogen) atoms. The van der Waals surface area contributed by atoms with E-state index in [9.17, 15) is 14.7 Å². The summed E-state index contributed by atoms with van der Waals surface area (Å²) in [6.45, 7) is 5.89. The van der Waals surface area contributed by atoms with Crippen molar-refractivity contribution in [2.45, 2.75) is 38.3 Å². The fourth-order valence-corrected chi connectivity index (χ4v) is 3.67. The topological polar surface area (TPSA) is 94.5 Å². The molecule has 0 spiro atoms. The summed E-state index contributed by atoms with van der Waals surface area (Å²) in [4.78, 5) is 32.0. The average molecular weight is 391 g/mol. The number of imidazole rings is 1. The molecule has 3 heterocycles. The third kappa shape index (κ3) is 3.90. The van der Waals surface area contributed by atoms with Crippen LogP contribution in [0.2, 0.25) is 0 Å². The molecule has 0 unspecified atom stereocenters. The lowest BCUT2D eigenvalue weighted by atomic mass is 10.2. The number of nitrogens with zero attached hydrogens (tertiary/aromatic N) is 5. The van der Waals surface area contributed by atoms with Gasteiger partial charge < -0.3 is 19.3 Å². The summed E-state index contributed by atoms with van der Waals surface area (Å²) < 4.78 is 9.55. The van der Waals surface area contributed by atoms with Gasteiger partial charge in [0.1, 0.15) is 0 Å². The third-order valence-electron chi connectivity index (χ3n) is 5.16. The molecule has 9 heteroatoms. The van der Waals surface area contributed by atoms with Crippen molar-refractivity contribution in [2.75, 3.05) is 31.2 Å². The van der Waals surface area contributed by atoms with E-state index < -0.39 is 17.4 Å². The molecule has 0 aliphatic carbocycles. The number of rotatable bonds is 7. The second kappa shape index (κ2) is 8.74. The minimum Gasteiger partial charge on any atom is -0.389 e. The zero-order valence-electron chi connectivity index (χ0n) is 16.6. The molecular weight excluding hydrogens is 362 g/mol. The SMILES string of the molecule is C=CCOC[C@H](O)Cn1c(N2CCCCCC2)nc2c1c(=O)n(C)c(=O)n2C. The average Bonchev–Trinajstić information content (AvgIpc) is 2.86. The van der Waals surface area contributed by atoms with Crippen LogP contribution in [0.4, 0.5) is 5.95 Å². The van der Waals surface area contributed by atoms with Gasteiger partial charge >= 0.3 is 5.69 Å². The van der Waals surface area contributed by atoms with Crippen molar-refractivity contribution in [3.8, 4) is 0 Å². The van der Waals surface area contributed by atoms with E-state index in [4.69, 9.17) is 4.74 Å². The van der Waals surface area contributed by atoms with Gasteiger partial charge in [-0.1, -0.05) is 18.9 Å². The standard InChI is InChI=1S/C19H29N5O4/c1-4-11-28-13-14(25)12-24-15-16(21(2)19(27)22(3)17(15)26)20-18(24)23-9-7-5-6-8-10-23/h4,14,25H,1,5-13H2,2-3H3/t14-/m1/s1. The Kier molecular flexibility index (Phi) is 6.35. The Balaban J connectivity index is 2.10. The highest BCUT2D eigenvalue weighted by Gasteiger charge is 2.24. The van der Waals surface area contributed by atoms with Gasteiger partial charge in [-0.15, -0.1) is 6.58 Å². The lowest BCUT2D eigenvalue weighted by Crippen LogP contribution is -2.38. The number of aromatic nitrogens is 4. The second-order valence-corrected chi connectivity index (χ2v) is 7.28. The van der Waals surface area contributed by atoms with Gasteiger partial charge in [-0.25, -0.2) is 4.79 Å². The third-order valence-corrected chi connectivity index (χ3v) is 5.16. The van der Waals surface area contributed by atoms with Crippen LogP contribution in [-0.2, 0) is 25.4 Å². The maximum atomic E-state index is 12.9. The maximum Gasteiger partial charge on any atom is 0.332 e. The van der Waals surface area contributed by atoms with E-state index >= 15 is 0 Å². The first-order chi connectivity index (χ1) is 13.5.